The molecule has 5 nitrogen and oxygen atoms in total. The average molecular weight is 495 g/mol. The molecule has 1 saturated heterocycles. The van der Waals surface area contributed by atoms with Crippen LogP contribution >= 0.6 is 24.0 Å². The molecule has 1 heterocycles. The summed E-state index contributed by atoms with van der Waals surface area (Å²) < 4.78 is 37.0. The maximum Gasteiger partial charge on any atom is 0.191 e. The highest BCUT2D eigenvalue weighted by Gasteiger charge is 2.28. The Labute approximate surface area is 172 Å². The van der Waals surface area contributed by atoms with Gasteiger partial charge in [0.25, 0.3) is 0 Å². The predicted octanol–water partition coefficient (Wildman–Crippen LogP) is 2.86. The van der Waals surface area contributed by atoms with E-state index in [1.54, 1.807) is 18.2 Å². The summed E-state index contributed by atoms with van der Waals surface area (Å²) in [5, 5.41) is 6.69. The summed E-state index contributed by atoms with van der Waals surface area (Å²) in [5.74, 6) is 1.03. The van der Waals surface area contributed by atoms with E-state index in [2.05, 4.69) is 15.6 Å². The first-order valence-corrected chi connectivity index (χ1v) is 10.8. The van der Waals surface area contributed by atoms with Crippen LogP contribution in [0.1, 0.15) is 37.7 Å². The number of hydrogen-bond donors (Lipinski definition) is 2. The Bertz CT molecular complexity index is 721. The van der Waals surface area contributed by atoms with Gasteiger partial charge in [-0.3, -0.25) is 0 Å². The third kappa shape index (κ3) is 6.37. The third-order valence-corrected chi connectivity index (χ3v) is 6.78. The van der Waals surface area contributed by atoms with Gasteiger partial charge in [0, 0.05) is 18.2 Å². The summed E-state index contributed by atoms with van der Waals surface area (Å²) in [6, 6.07) is 7.02. The van der Waals surface area contributed by atoms with Crippen molar-refractivity contribution in [1.82, 2.24) is 10.6 Å². The van der Waals surface area contributed by atoms with Gasteiger partial charge in [0.15, 0.2) is 15.8 Å². The predicted molar refractivity (Wildman–Crippen MR) is 113 cm³/mol. The lowest BCUT2D eigenvalue weighted by Crippen LogP contribution is -2.44. The van der Waals surface area contributed by atoms with E-state index in [1.807, 2.05) is 0 Å². The second-order valence-electron chi connectivity index (χ2n) is 7.03. The van der Waals surface area contributed by atoms with E-state index in [0.29, 0.717) is 30.5 Å². The molecular weight excluding hydrogens is 468 g/mol. The minimum Gasteiger partial charge on any atom is -0.356 e. The van der Waals surface area contributed by atoms with Gasteiger partial charge in [-0.2, -0.15) is 0 Å². The molecule has 0 aromatic heterocycles. The van der Waals surface area contributed by atoms with Crippen molar-refractivity contribution < 1.29 is 12.8 Å². The first kappa shape index (κ1) is 21.4. The molecule has 1 aromatic rings. The van der Waals surface area contributed by atoms with Crippen LogP contribution in [0.15, 0.2) is 29.3 Å². The van der Waals surface area contributed by atoms with Gasteiger partial charge in [-0.05, 0) is 31.2 Å². The van der Waals surface area contributed by atoms with E-state index in [9.17, 15) is 12.8 Å². The normalized spacial score (nSPS) is 22.8. The van der Waals surface area contributed by atoms with Gasteiger partial charge in [-0.25, -0.2) is 17.8 Å². The van der Waals surface area contributed by atoms with Crippen molar-refractivity contribution in [3.63, 3.8) is 0 Å². The van der Waals surface area contributed by atoms with E-state index < -0.39 is 9.84 Å². The largest absolute Gasteiger partial charge is 0.356 e. The lowest BCUT2D eigenvalue weighted by atomic mass is 10.1. The van der Waals surface area contributed by atoms with Crippen molar-refractivity contribution >= 4 is 39.8 Å². The Hall–Kier alpha value is -0.900. The second-order valence-corrected chi connectivity index (χ2v) is 9.26. The van der Waals surface area contributed by atoms with Gasteiger partial charge in [-0.15, -0.1) is 24.0 Å². The number of aliphatic imine (C=N–C) groups is 1. The topological polar surface area (TPSA) is 70.6 Å². The van der Waals surface area contributed by atoms with Crippen molar-refractivity contribution in [1.29, 1.82) is 0 Å². The Kier molecular flexibility index (Phi) is 8.12. The maximum atomic E-state index is 13.8. The summed E-state index contributed by atoms with van der Waals surface area (Å²) >= 11 is 0. The molecule has 1 aliphatic carbocycles. The number of hydrogen-bond acceptors (Lipinski definition) is 3. The van der Waals surface area contributed by atoms with E-state index in [1.165, 1.54) is 18.9 Å². The number of guanidine groups is 1. The summed E-state index contributed by atoms with van der Waals surface area (Å²) in [5.41, 5.74) is 0.554. The molecule has 1 atom stereocenters. The van der Waals surface area contributed by atoms with Crippen LogP contribution in [0.2, 0.25) is 0 Å². The quantitative estimate of drug-likeness (QED) is 0.375. The number of rotatable bonds is 5. The van der Waals surface area contributed by atoms with Crippen LogP contribution in [-0.2, 0) is 16.4 Å². The Morgan fingerprint density at radius 3 is 2.58 bits per heavy atom. The highest BCUT2D eigenvalue weighted by atomic mass is 127. The molecule has 8 heteroatoms. The summed E-state index contributed by atoms with van der Waals surface area (Å²) in [7, 11) is -2.88. The number of nitrogens with one attached hydrogen (secondary N) is 2. The molecule has 2 N–H and O–H groups in total. The number of halogens is 2. The zero-order valence-electron chi connectivity index (χ0n) is 14.8. The maximum absolute atomic E-state index is 13.8. The standard InChI is InChI=1S/C18H26FN3O2S.HI/c19-17-8-4-1-5-15(17)12-21-18(22-16-6-2-3-7-16)20-11-14-9-10-25(23,24)13-14;/h1,4-5,8,14,16H,2-3,6-7,9-13H2,(H2,20,21,22);1H. The van der Waals surface area contributed by atoms with Crippen LogP contribution < -0.4 is 10.6 Å². The molecule has 3 rings (SSSR count). The molecule has 0 bridgehead atoms. The van der Waals surface area contributed by atoms with Crippen LogP contribution in [0.25, 0.3) is 0 Å². The van der Waals surface area contributed by atoms with E-state index in [0.717, 1.165) is 12.8 Å². The van der Waals surface area contributed by atoms with E-state index >= 15 is 0 Å². The van der Waals surface area contributed by atoms with Gasteiger partial charge < -0.3 is 10.6 Å². The zero-order valence-corrected chi connectivity index (χ0v) is 17.9. The summed E-state index contributed by atoms with van der Waals surface area (Å²) in [6.45, 7) is 0.840. The molecule has 0 radical (unpaired) electrons. The minimum atomic E-state index is -2.88. The van der Waals surface area contributed by atoms with Crippen molar-refractivity contribution in [3.05, 3.63) is 35.6 Å². The average Bonchev–Trinajstić information content (AvgIpc) is 3.20. The number of sulfone groups is 1. The minimum absolute atomic E-state index is 0. The Morgan fingerprint density at radius 2 is 1.92 bits per heavy atom. The Balaban J connectivity index is 0.00000243. The molecule has 1 aliphatic heterocycles. The molecule has 0 amide bonds. The van der Waals surface area contributed by atoms with Crippen molar-refractivity contribution in [3.8, 4) is 0 Å². The van der Waals surface area contributed by atoms with E-state index in [4.69, 9.17) is 0 Å². The highest BCUT2D eigenvalue weighted by Crippen LogP contribution is 2.19. The monoisotopic (exact) mass is 495 g/mol. The van der Waals surface area contributed by atoms with Gasteiger partial charge in [-0.1, -0.05) is 31.0 Å². The first-order chi connectivity index (χ1) is 12.0. The van der Waals surface area contributed by atoms with Crippen LogP contribution in [-0.4, -0.2) is 38.5 Å². The number of nitrogens with zero attached hydrogens (tertiary/aromatic N) is 1. The van der Waals surface area contributed by atoms with E-state index in [-0.39, 0.29) is 53.8 Å². The van der Waals surface area contributed by atoms with Crippen LogP contribution in [0.4, 0.5) is 4.39 Å². The summed E-state index contributed by atoms with van der Waals surface area (Å²) in [6.07, 6.45) is 5.33. The SMILES string of the molecule is I.O=S1(=O)CCC(CNC(=NCc2ccccc2F)NC2CCCC2)C1. The fraction of sp³-hybridized carbons (Fsp3) is 0.611. The zero-order chi connectivity index (χ0) is 17.7. The van der Waals surface area contributed by atoms with Crippen LogP contribution in [0, 0.1) is 11.7 Å². The van der Waals surface area contributed by atoms with Gasteiger partial charge in [0.2, 0.25) is 0 Å². The van der Waals surface area contributed by atoms with Crippen molar-refractivity contribution in [2.45, 2.75) is 44.7 Å². The van der Waals surface area contributed by atoms with Crippen molar-refractivity contribution in [2.24, 2.45) is 10.9 Å². The smallest absolute Gasteiger partial charge is 0.191 e. The lowest BCUT2D eigenvalue weighted by molar-refractivity contribution is 0.552. The fourth-order valence-corrected chi connectivity index (χ4v) is 5.34. The molecule has 1 aromatic carbocycles. The summed E-state index contributed by atoms with van der Waals surface area (Å²) in [4.78, 5) is 4.52. The van der Waals surface area contributed by atoms with Crippen LogP contribution in [0.5, 0.6) is 0 Å². The Morgan fingerprint density at radius 1 is 1.19 bits per heavy atom. The lowest BCUT2D eigenvalue weighted by Gasteiger charge is -2.19. The van der Waals surface area contributed by atoms with Gasteiger partial charge in [0.05, 0.1) is 18.1 Å². The van der Waals surface area contributed by atoms with Gasteiger partial charge >= 0.3 is 0 Å². The molecular formula is C18H27FIN3O2S. The van der Waals surface area contributed by atoms with Crippen molar-refractivity contribution in [2.75, 3.05) is 18.1 Å². The molecule has 1 unspecified atom stereocenters. The molecule has 0 spiro atoms. The highest BCUT2D eigenvalue weighted by molar-refractivity contribution is 14.0. The third-order valence-electron chi connectivity index (χ3n) is 4.95. The first-order valence-electron chi connectivity index (χ1n) is 9.00. The molecule has 1 saturated carbocycles. The van der Waals surface area contributed by atoms with Gasteiger partial charge in [0.1, 0.15) is 5.82 Å². The molecule has 146 valence electrons. The van der Waals surface area contributed by atoms with Crippen LogP contribution in [0.3, 0.4) is 0 Å². The molecule has 26 heavy (non-hydrogen) atoms. The second kappa shape index (κ2) is 9.87. The molecule has 2 fully saturated rings. The number of benzene rings is 1. The fourth-order valence-electron chi connectivity index (χ4n) is 3.48. The molecule has 2 aliphatic rings.